The maximum atomic E-state index is 12.0. The Bertz CT molecular complexity index is 383. The normalized spacial score (nSPS) is 29.4. The minimum Gasteiger partial charge on any atom is -0.435 e. The van der Waals surface area contributed by atoms with E-state index in [2.05, 4.69) is 13.2 Å². The number of rotatable bonds is 4. The Hall–Kier alpha value is -1.58. The molecule has 2 atom stereocenters. The summed E-state index contributed by atoms with van der Waals surface area (Å²) >= 11 is 0. The number of hydrogen-bond acceptors (Lipinski definition) is 4. The number of carbonyl (C=O) groups is 2. The summed E-state index contributed by atoms with van der Waals surface area (Å²) in [6, 6.07) is 0. The largest absolute Gasteiger partial charge is 0.435 e. The zero-order chi connectivity index (χ0) is 14.0. The van der Waals surface area contributed by atoms with Crippen molar-refractivity contribution in [2.45, 2.75) is 33.6 Å². The van der Waals surface area contributed by atoms with Crippen LogP contribution in [0.1, 0.15) is 33.6 Å². The molecule has 1 aliphatic carbocycles. The van der Waals surface area contributed by atoms with Crippen LogP contribution in [-0.2, 0) is 19.1 Å². The molecular formula is C14H20O4. The first kappa shape index (κ1) is 14.5. The van der Waals surface area contributed by atoms with Crippen molar-refractivity contribution >= 4 is 11.9 Å². The van der Waals surface area contributed by atoms with Gasteiger partial charge in [0.05, 0.1) is 23.9 Å². The van der Waals surface area contributed by atoms with Crippen molar-refractivity contribution in [2.24, 2.45) is 16.7 Å². The summed E-state index contributed by atoms with van der Waals surface area (Å²) in [4.78, 5) is 23.9. The van der Waals surface area contributed by atoms with E-state index in [9.17, 15) is 9.59 Å². The zero-order valence-corrected chi connectivity index (χ0v) is 11.2. The molecule has 0 aromatic carbocycles. The quantitative estimate of drug-likeness (QED) is 0.570. The van der Waals surface area contributed by atoms with E-state index in [-0.39, 0.29) is 17.9 Å². The van der Waals surface area contributed by atoms with Gasteiger partial charge in [-0.2, -0.15) is 0 Å². The first-order valence-electron chi connectivity index (χ1n) is 5.94. The number of esters is 2. The van der Waals surface area contributed by atoms with Gasteiger partial charge in [-0.25, -0.2) is 0 Å². The summed E-state index contributed by atoms with van der Waals surface area (Å²) < 4.78 is 9.75. The lowest BCUT2D eigenvalue weighted by Crippen LogP contribution is -2.43. The molecule has 0 aromatic rings. The van der Waals surface area contributed by atoms with Crippen LogP contribution in [-0.4, -0.2) is 11.9 Å². The highest BCUT2D eigenvalue weighted by atomic mass is 16.5. The van der Waals surface area contributed by atoms with Gasteiger partial charge in [-0.05, 0) is 25.2 Å². The third kappa shape index (κ3) is 2.07. The van der Waals surface area contributed by atoms with Crippen molar-refractivity contribution < 1.29 is 19.1 Å². The fraction of sp³-hybridized carbons (Fsp3) is 0.571. The van der Waals surface area contributed by atoms with E-state index in [0.29, 0.717) is 12.8 Å². The molecule has 1 rings (SSSR count). The summed E-state index contributed by atoms with van der Waals surface area (Å²) in [6.07, 6.45) is 3.43. The van der Waals surface area contributed by atoms with E-state index in [1.165, 1.54) is 0 Å². The molecule has 4 nitrogen and oxygen atoms in total. The van der Waals surface area contributed by atoms with E-state index in [1.807, 2.05) is 20.8 Å². The fourth-order valence-corrected chi connectivity index (χ4v) is 2.65. The molecule has 2 unspecified atom stereocenters. The number of carbonyl (C=O) groups excluding carboxylic acids is 2. The molecular weight excluding hydrogens is 232 g/mol. The van der Waals surface area contributed by atoms with Gasteiger partial charge in [0.15, 0.2) is 0 Å². The maximum absolute atomic E-state index is 12.0. The van der Waals surface area contributed by atoms with Gasteiger partial charge >= 0.3 is 11.9 Å². The van der Waals surface area contributed by atoms with Crippen LogP contribution in [0.15, 0.2) is 25.7 Å². The minimum atomic E-state index is -0.716. The number of hydrogen-bond donors (Lipinski definition) is 0. The second kappa shape index (κ2) is 4.96. The second-order valence-corrected chi connectivity index (χ2v) is 5.32. The highest BCUT2D eigenvalue weighted by Crippen LogP contribution is 2.56. The summed E-state index contributed by atoms with van der Waals surface area (Å²) in [7, 11) is 0. The third-order valence-electron chi connectivity index (χ3n) is 4.35. The van der Waals surface area contributed by atoms with E-state index in [0.717, 1.165) is 12.5 Å². The van der Waals surface area contributed by atoms with E-state index in [4.69, 9.17) is 9.47 Å². The molecule has 4 heteroatoms. The molecule has 0 N–H and O–H groups in total. The Morgan fingerprint density at radius 1 is 1.17 bits per heavy atom. The highest BCUT2D eigenvalue weighted by Gasteiger charge is 2.59. The van der Waals surface area contributed by atoms with Crippen LogP contribution in [0.5, 0.6) is 0 Å². The Morgan fingerprint density at radius 2 is 1.72 bits per heavy atom. The molecule has 0 amide bonds. The van der Waals surface area contributed by atoms with Gasteiger partial charge in [0.2, 0.25) is 0 Å². The lowest BCUT2D eigenvalue weighted by atomic mass is 9.65. The summed E-state index contributed by atoms with van der Waals surface area (Å²) in [5.41, 5.74) is -1.25. The Morgan fingerprint density at radius 3 is 2.22 bits per heavy atom. The predicted octanol–water partition coefficient (Wildman–Crippen LogP) is 2.80. The van der Waals surface area contributed by atoms with Gasteiger partial charge in [0.1, 0.15) is 0 Å². The Kier molecular flexibility index (Phi) is 3.99. The molecule has 1 saturated carbocycles. The second-order valence-electron chi connectivity index (χ2n) is 5.32. The van der Waals surface area contributed by atoms with E-state index >= 15 is 0 Å². The Labute approximate surface area is 108 Å². The van der Waals surface area contributed by atoms with Crippen molar-refractivity contribution in [3.8, 4) is 0 Å². The van der Waals surface area contributed by atoms with Crippen LogP contribution in [0.4, 0.5) is 0 Å². The average Bonchev–Trinajstić information content (AvgIpc) is 2.52. The first-order valence-corrected chi connectivity index (χ1v) is 5.94. The molecule has 1 fully saturated rings. The van der Waals surface area contributed by atoms with E-state index in [1.54, 1.807) is 0 Å². The monoisotopic (exact) mass is 252 g/mol. The van der Waals surface area contributed by atoms with Gasteiger partial charge in [0.25, 0.3) is 0 Å². The molecule has 100 valence electrons. The predicted molar refractivity (Wildman–Crippen MR) is 67.2 cm³/mol. The number of ether oxygens (including phenoxy) is 2. The highest BCUT2D eigenvalue weighted by molar-refractivity contribution is 5.82. The SMILES string of the molecule is C=COC(=O)C1CCC(C)(C(=O)OC=C)C1(C)C. The molecule has 0 spiro atoms. The molecule has 0 aromatic heterocycles. The van der Waals surface area contributed by atoms with Gasteiger partial charge in [0, 0.05) is 0 Å². The smallest absolute Gasteiger partial charge is 0.317 e. The fourth-order valence-electron chi connectivity index (χ4n) is 2.65. The topological polar surface area (TPSA) is 52.6 Å². The lowest BCUT2D eigenvalue weighted by Gasteiger charge is -2.38. The summed E-state index contributed by atoms with van der Waals surface area (Å²) in [6.45, 7) is 12.4. The lowest BCUT2D eigenvalue weighted by molar-refractivity contribution is -0.158. The van der Waals surface area contributed by atoms with Gasteiger partial charge in [-0.3, -0.25) is 9.59 Å². The van der Waals surface area contributed by atoms with Gasteiger partial charge in [-0.1, -0.05) is 27.0 Å². The van der Waals surface area contributed by atoms with Crippen LogP contribution in [0.2, 0.25) is 0 Å². The van der Waals surface area contributed by atoms with Crippen LogP contribution in [0, 0.1) is 16.7 Å². The van der Waals surface area contributed by atoms with Gasteiger partial charge < -0.3 is 9.47 Å². The Balaban J connectivity index is 3.00. The maximum Gasteiger partial charge on any atom is 0.317 e. The van der Waals surface area contributed by atoms with Crippen molar-refractivity contribution in [3.63, 3.8) is 0 Å². The van der Waals surface area contributed by atoms with Crippen LogP contribution >= 0.6 is 0 Å². The molecule has 18 heavy (non-hydrogen) atoms. The molecule has 0 radical (unpaired) electrons. The van der Waals surface area contributed by atoms with Crippen molar-refractivity contribution in [2.75, 3.05) is 0 Å². The molecule has 0 heterocycles. The van der Waals surface area contributed by atoms with E-state index < -0.39 is 10.8 Å². The van der Waals surface area contributed by atoms with Crippen LogP contribution in [0.25, 0.3) is 0 Å². The first-order chi connectivity index (χ1) is 8.31. The average molecular weight is 252 g/mol. The zero-order valence-electron chi connectivity index (χ0n) is 11.2. The van der Waals surface area contributed by atoms with Crippen LogP contribution < -0.4 is 0 Å². The molecule has 0 bridgehead atoms. The third-order valence-corrected chi connectivity index (χ3v) is 4.35. The van der Waals surface area contributed by atoms with Crippen LogP contribution in [0.3, 0.4) is 0 Å². The van der Waals surface area contributed by atoms with Crippen molar-refractivity contribution in [1.82, 2.24) is 0 Å². The molecule has 0 saturated heterocycles. The molecule has 0 aliphatic heterocycles. The summed E-state index contributed by atoms with van der Waals surface area (Å²) in [5.74, 6) is -1.03. The van der Waals surface area contributed by atoms with Crippen molar-refractivity contribution in [3.05, 3.63) is 25.7 Å². The van der Waals surface area contributed by atoms with Crippen molar-refractivity contribution in [1.29, 1.82) is 0 Å². The molecule has 1 aliphatic rings. The summed E-state index contributed by atoms with van der Waals surface area (Å²) in [5, 5.41) is 0. The minimum absolute atomic E-state index is 0.335. The standard InChI is InChI=1S/C14H20O4/c1-6-17-11(15)10-8-9-14(5,13(10,3)4)12(16)18-7-2/h6-7,10H,1-2,8-9H2,3-5H3. The van der Waals surface area contributed by atoms with Gasteiger partial charge in [-0.15, -0.1) is 0 Å².